The van der Waals surface area contributed by atoms with Gasteiger partial charge in [-0.15, -0.1) is 11.8 Å². The number of benzene rings is 1. The molecule has 0 saturated heterocycles. The fourth-order valence-corrected chi connectivity index (χ4v) is 6.94. The number of hydrogen-bond acceptors (Lipinski definition) is 6. The summed E-state index contributed by atoms with van der Waals surface area (Å²) in [5.41, 5.74) is 3.20. The van der Waals surface area contributed by atoms with Gasteiger partial charge in [-0.05, 0) is 42.5 Å². The third-order valence-corrected chi connectivity index (χ3v) is 9.43. The quantitative estimate of drug-likeness (QED) is 0.819. The number of rotatable bonds is 4. The van der Waals surface area contributed by atoms with Crippen LogP contribution in [0.1, 0.15) is 17.7 Å². The number of hydrogen-bond donors (Lipinski definition) is 1. The van der Waals surface area contributed by atoms with Crippen molar-refractivity contribution in [1.82, 2.24) is 4.98 Å². The van der Waals surface area contributed by atoms with Gasteiger partial charge < -0.3 is 4.98 Å². The van der Waals surface area contributed by atoms with Crippen molar-refractivity contribution in [3.8, 4) is 6.07 Å². The van der Waals surface area contributed by atoms with Crippen molar-refractivity contribution >= 4 is 55.2 Å². The van der Waals surface area contributed by atoms with Crippen molar-refractivity contribution in [3.63, 3.8) is 0 Å². The number of nitrogens with one attached hydrogen (secondary N) is 1. The number of nitrogens with zero attached hydrogens (tertiary/aromatic N) is 3. The van der Waals surface area contributed by atoms with Crippen molar-refractivity contribution in [3.05, 3.63) is 40.9 Å². The van der Waals surface area contributed by atoms with E-state index in [0.29, 0.717) is 18.7 Å². The maximum atomic E-state index is 13.0. The highest BCUT2D eigenvalue weighted by Crippen LogP contribution is 2.36. The summed E-state index contributed by atoms with van der Waals surface area (Å²) in [5.74, 6) is 0. The van der Waals surface area contributed by atoms with Gasteiger partial charge in [-0.25, -0.2) is 8.42 Å². The minimum Gasteiger partial charge on any atom is -0.351 e. The van der Waals surface area contributed by atoms with E-state index < -0.39 is 14.6 Å². The van der Waals surface area contributed by atoms with Gasteiger partial charge in [-0.1, -0.05) is 17.8 Å². The molecular weight excluding hydrogens is 400 g/mol. The van der Waals surface area contributed by atoms with Gasteiger partial charge >= 0.3 is 0 Å². The fourth-order valence-electron chi connectivity index (χ4n) is 3.20. The van der Waals surface area contributed by atoms with E-state index in [9.17, 15) is 8.42 Å². The highest BCUT2D eigenvalue weighted by Gasteiger charge is 2.32. The second-order valence-electron chi connectivity index (χ2n) is 6.50. The van der Waals surface area contributed by atoms with Crippen molar-refractivity contribution in [2.75, 3.05) is 17.9 Å². The first-order valence-electron chi connectivity index (χ1n) is 8.43. The zero-order chi connectivity index (χ0) is 19.2. The molecule has 140 valence electrons. The number of sulfonamides is 1. The monoisotopic (exact) mass is 418 g/mol. The van der Waals surface area contributed by atoms with Crippen molar-refractivity contribution in [2.45, 2.75) is 23.2 Å². The smallest absolute Gasteiger partial charge is 0.247 e. The number of aromatic nitrogens is 1. The van der Waals surface area contributed by atoms with Crippen LogP contribution < -0.4 is 4.31 Å². The topological polar surface area (TPSA) is 89.3 Å². The summed E-state index contributed by atoms with van der Waals surface area (Å²) in [4.78, 5) is 7.78. The number of aliphatic imine (C=N–C) groups is 1. The molecule has 27 heavy (non-hydrogen) atoms. The van der Waals surface area contributed by atoms with Crippen molar-refractivity contribution in [1.29, 1.82) is 5.26 Å². The van der Waals surface area contributed by atoms with E-state index in [2.05, 4.69) is 16.0 Å². The third kappa shape index (κ3) is 3.26. The fraction of sp³-hybridized carbons (Fsp3) is 0.333. The average Bonchev–Trinajstić information content (AvgIpc) is 3.38. The molecule has 1 aromatic carbocycles. The summed E-state index contributed by atoms with van der Waals surface area (Å²) in [5, 5.41) is 12.5. The highest BCUT2D eigenvalue weighted by molar-refractivity contribution is 8.16. The van der Waals surface area contributed by atoms with Crippen LogP contribution >= 0.6 is 23.5 Å². The Bertz CT molecular complexity index is 1100. The molecule has 2 aromatic rings. The zero-order valence-electron chi connectivity index (χ0n) is 14.8. The third-order valence-electron chi connectivity index (χ3n) is 4.59. The van der Waals surface area contributed by atoms with Crippen LogP contribution in [0, 0.1) is 18.3 Å². The van der Waals surface area contributed by atoms with Gasteiger partial charge in [0.25, 0.3) is 0 Å². The van der Waals surface area contributed by atoms with E-state index >= 15 is 0 Å². The van der Waals surface area contributed by atoms with E-state index in [4.69, 9.17) is 5.26 Å². The van der Waals surface area contributed by atoms with E-state index in [1.165, 1.54) is 27.8 Å². The molecule has 0 radical (unpaired) electrons. The van der Waals surface area contributed by atoms with E-state index in [1.54, 1.807) is 7.05 Å². The molecule has 0 bridgehead atoms. The van der Waals surface area contributed by atoms with E-state index in [1.807, 2.05) is 36.6 Å². The van der Waals surface area contributed by atoms with Crippen LogP contribution in [0.15, 0.2) is 34.7 Å². The molecule has 0 fully saturated rings. The Hall–Kier alpha value is -1.89. The maximum Gasteiger partial charge on any atom is 0.247 e. The molecular formula is C18H18N4O2S3. The molecule has 2 unspecified atom stereocenters. The van der Waals surface area contributed by atoms with Crippen LogP contribution in [0.2, 0.25) is 0 Å². The number of allylic oxidation sites excluding steroid dienone is 1. The molecule has 3 heterocycles. The summed E-state index contributed by atoms with van der Waals surface area (Å²) >= 11 is 2.77. The number of aromatic amines is 1. The Labute approximate surface area is 166 Å². The first kappa shape index (κ1) is 18.5. The standard InChI is InChI=1S/C18H18N4O2S3/c1-11-6-12-8-14(18-20-10-13(9-19)26-18)21-17(12)15(7-11)22(2)27(23,24)16-4-3-5-25-16/h3,5-8,13,16,21H,4,10H2,1-2H3. The Morgan fingerprint density at radius 3 is 2.85 bits per heavy atom. The molecule has 1 N–H and O–H groups in total. The lowest BCUT2D eigenvalue weighted by Gasteiger charge is -2.24. The summed E-state index contributed by atoms with van der Waals surface area (Å²) in [6, 6.07) is 8.11. The van der Waals surface area contributed by atoms with Crippen LogP contribution in [-0.4, -0.2) is 41.9 Å². The molecule has 0 saturated carbocycles. The predicted molar refractivity (Wildman–Crippen MR) is 114 cm³/mol. The molecule has 0 spiro atoms. The summed E-state index contributed by atoms with van der Waals surface area (Å²) in [7, 11) is -1.88. The Balaban J connectivity index is 1.76. The first-order valence-corrected chi connectivity index (χ1v) is 11.8. The van der Waals surface area contributed by atoms with Crippen LogP contribution in [0.25, 0.3) is 10.9 Å². The number of nitriles is 1. The molecule has 4 rings (SSSR count). The van der Waals surface area contributed by atoms with Gasteiger partial charge in [0.2, 0.25) is 10.0 Å². The lowest BCUT2D eigenvalue weighted by molar-refractivity contribution is 0.591. The van der Waals surface area contributed by atoms with Crippen LogP contribution in [0.5, 0.6) is 0 Å². The minimum atomic E-state index is -3.49. The molecule has 2 aliphatic heterocycles. The largest absolute Gasteiger partial charge is 0.351 e. The summed E-state index contributed by atoms with van der Waals surface area (Å²) < 4.78 is 26.9. The molecule has 2 atom stereocenters. The molecule has 2 aliphatic rings. The number of H-pyrrole nitrogens is 1. The van der Waals surface area contributed by atoms with Gasteiger partial charge in [0.1, 0.15) is 14.9 Å². The number of fused-ring (bicyclic) bond motifs is 1. The van der Waals surface area contributed by atoms with Crippen molar-refractivity contribution < 1.29 is 8.42 Å². The van der Waals surface area contributed by atoms with Crippen molar-refractivity contribution in [2.24, 2.45) is 4.99 Å². The Kier molecular flexibility index (Phi) is 4.74. The second kappa shape index (κ2) is 6.93. The zero-order valence-corrected chi connectivity index (χ0v) is 17.3. The van der Waals surface area contributed by atoms with Gasteiger partial charge in [-0.2, -0.15) is 5.26 Å². The Morgan fingerprint density at radius 2 is 2.19 bits per heavy atom. The van der Waals surface area contributed by atoms with Gasteiger partial charge in [0.15, 0.2) is 0 Å². The maximum absolute atomic E-state index is 13.0. The number of anilines is 1. The molecule has 1 aromatic heterocycles. The van der Waals surface area contributed by atoms with Gasteiger partial charge in [0, 0.05) is 12.4 Å². The second-order valence-corrected chi connectivity index (χ2v) is 11.2. The normalized spacial score (nSPS) is 22.2. The minimum absolute atomic E-state index is 0.164. The molecule has 0 amide bonds. The van der Waals surface area contributed by atoms with Crippen LogP contribution in [0.4, 0.5) is 5.69 Å². The van der Waals surface area contributed by atoms with Crippen LogP contribution in [0.3, 0.4) is 0 Å². The number of thioether (sulfide) groups is 2. The number of aryl methyl sites for hydroxylation is 1. The first-order chi connectivity index (χ1) is 12.9. The summed E-state index contributed by atoms with van der Waals surface area (Å²) in [6.45, 7) is 2.44. The summed E-state index contributed by atoms with van der Waals surface area (Å²) in [6.07, 6.45) is 2.41. The average molecular weight is 419 g/mol. The van der Waals surface area contributed by atoms with Gasteiger partial charge in [0.05, 0.1) is 29.5 Å². The van der Waals surface area contributed by atoms with E-state index in [0.717, 1.165) is 27.2 Å². The predicted octanol–water partition coefficient (Wildman–Crippen LogP) is 3.60. The molecule has 0 aliphatic carbocycles. The Morgan fingerprint density at radius 1 is 1.37 bits per heavy atom. The van der Waals surface area contributed by atoms with Gasteiger partial charge in [-0.3, -0.25) is 9.30 Å². The lowest BCUT2D eigenvalue weighted by atomic mass is 10.1. The highest BCUT2D eigenvalue weighted by atomic mass is 32.3. The SMILES string of the molecule is Cc1cc(N(C)S(=O)(=O)C2CC=CS2)c2[nH]c(C3=NCC(C#N)S3)cc2c1. The van der Waals surface area contributed by atoms with E-state index in [-0.39, 0.29) is 5.25 Å². The van der Waals surface area contributed by atoms with Crippen LogP contribution in [-0.2, 0) is 10.0 Å². The lowest BCUT2D eigenvalue weighted by Crippen LogP contribution is -2.33. The molecule has 9 heteroatoms. The molecule has 6 nitrogen and oxygen atoms in total.